The average Bonchev–Trinajstić information content (AvgIpc) is 4.49. The van der Waals surface area contributed by atoms with Gasteiger partial charge in [0.25, 0.3) is 6.02 Å². The zero-order valence-electron chi connectivity index (χ0n) is 44.1. The van der Waals surface area contributed by atoms with Crippen LogP contribution in [0.15, 0.2) is 65.7 Å². The van der Waals surface area contributed by atoms with E-state index in [1.807, 2.05) is 6.92 Å². The minimum absolute atomic E-state index is 0.0694. The van der Waals surface area contributed by atoms with Gasteiger partial charge in [0.05, 0.1) is 66.6 Å². The standard InChI is InChI=1S/C56H64F5N11O6/c1-6-40(67-55(62)77-4)53(73)70-19-7-9-47(70)51-63-41-25-34(36(58)27-43(41)65-51)45-15-16-46(72(45)33-23-38(60)50(39(61)24-33)69-21-17-31(18-22-69)30-11-13-32(57)14-12-30)35-26-42-44(28-37(35)59)66-52(64-42)48-10-8-20-71(48)54(74)49(29(2)76-3)68-56(75)78-5/h11-14,23-29,31,40,45-49H,6-10,15-22H2,1-5H3,(H2,62,67)(H,63,65)(H,64,66)(H,68,75). The Balaban J connectivity index is 0.994. The lowest BCUT2D eigenvalue weighted by atomic mass is 9.89. The molecule has 10 rings (SSSR count). The predicted molar refractivity (Wildman–Crippen MR) is 282 cm³/mol. The van der Waals surface area contributed by atoms with Crippen LogP contribution in [0.3, 0.4) is 0 Å². The molecule has 0 bridgehead atoms. The Labute approximate surface area is 447 Å². The summed E-state index contributed by atoms with van der Waals surface area (Å²) >= 11 is 0. The van der Waals surface area contributed by atoms with E-state index in [0.29, 0.717) is 99.3 Å². The molecule has 7 unspecified atom stereocenters. The SMILES string of the molecule is CCC(N=C(N)OC)C(=O)N1CCCC1c1nc2cc(F)c(C3CCC(c4cc5[nH]c(C6CCCN6C(=O)C(NC(=O)OC)C(C)OC)nc5cc4F)N3c3cc(F)c(N4CCC(c5ccc(F)cc5)CC4)c(F)c3)cc2[nH]1. The highest BCUT2D eigenvalue weighted by Crippen LogP contribution is 2.50. The monoisotopic (exact) mass is 1080 g/mol. The molecule has 17 nitrogen and oxygen atoms in total. The fraction of sp³-hybridized carbons (Fsp3) is 0.464. The van der Waals surface area contributed by atoms with E-state index in [2.05, 4.69) is 20.3 Å². The van der Waals surface area contributed by atoms with Crippen molar-refractivity contribution in [2.45, 2.75) is 120 Å². The lowest BCUT2D eigenvalue weighted by Gasteiger charge is -2.36. The minimum atomic E-state index is -1.07. The van der Waals surface area contributed by atoms with Crippen LogP contribution in [0.2, 0.25) is 0 Å². The number of aromatic nitrogens is 4. The van der Waals surface area contributed by atoms with Crippen LogP contribution in [0.25, 0.3) is 22.1 Å². The summed E-state index contributed by atoms with van der Waals surface area (Å²) in [6.07, 6.45) is 2.95. The van der Waals surface area contributed by atoms with Crippen LogP contribution in [0.5, 0.6) is 0 Å². The summed E-state index contributed by atoms with van der Waals surface area (Å²) in [7, 11) is 4.00. The van der Waals surface area contributed by atoms with Gasteiger partial charge in [-0.15, -0.1) is 0 Å². The molecule has 5 N–H and O–H groups in total. The van der Waals surface area contributed by atoms with Gasteiger partial charge in [-0.25, -0.2) is 41.7 Å². The van der Waals surface area contributed by atoms with Gasteiger partial charge in [0.15, 0.2) is 11.6 Å². The fourth-order valence-corrected chi connectivity index (χ4v) is 12.1. The Morgan fingerprint density at radius 2 is 1.24 bits per heavy atom. The quantitative estimate of drug-likeness (QED) is 0.0460. The van der Waals surface area contributed by atoms with Crippen LogP contribution in [0.4, 0.5) is 38.1 Å². The summed E-state index contributed by atoms with van der Waals surface area (Å²) in [6, 6.07) is 9.82. The highest BCUT2D eigenvalue weighted by molar-refractivity contribution is 5.88. The molecule has 0 aliphatic carbocycles. The van der Waals surface area contributed by atoms with Crippen LogP contribution in [0.1, 0.15) is 130 Å². The number of halogens is 5. The molecule has 0 saturated carbocycles. The zero-order valence-corrected chi connectivity index (χ0v) is 44.1. The van der Waals surface area contributed by atoms with E-state index < -0.39 is 77.6 Å². The number of amides is 3. The van der Waals surface area contributed by atoms with E-state index in [4.69, 9.17) is 29.9 Å². The Morgan fingerprint density at radius 1 is 0.705 bits per heavy atom. The van der Waals surface area contributed by atoms with Crippen molar-refractivity contribution in [2.24, 2.45) is 10.7 Å². The van der Waals surface area contributed by atoms with Gasteiger partial charge in [-0.2, -0.15) is 0 Å². The topological polar surface area (TPSA) is 200 Å². The Morgan fingerprint density at radius 3 is 1.74 bits per heavy atom. The van der Waals surface area contributed by atoms with E-state index in [-0.39, 0.29) is 64.5 Å². The first-order valence-corrected chi connectivity index (χ1v) is 26.6. The number of fused-ring (bicyclic) bond motifs is 2. The maximum Gasteiger partial charge on any atom is 0.407 e. The number of piperidine rings is 1. The number of alkyl carbamates (subject to hydrolysis) is 1. The first kappa shape index (κ1) is 53.9. The number of likely N-dealkylation sites (tertiary alicyclic amines) is 2. The first-order valence-electron chi connectivity index (χ1n) is 26.6. The number of ether oxygens (including phenoxy) is 3. The third kappa shape index (κ3) is 10.4. The van der Waals surface area contributed by atoms with Crippen molar-refractivity contribution in [1.82, 2.24) is 35.1 Å². The molecule has 22 heteroatoms. The van der Waals surface area contributed by atoms with Crippen molar-refractivity contribution >= 4 is 57.4 Å². The highest BCUT2D eigenvalue weighted by Gasteiger charge is 2.42. The van der Waals surface area contributed by atoms with E-state index >= 15 is 17.6 Å². The molecule has 2 aromatic heterocycles. The predicted octanol–water partition coefficient (Wildman–Crippen LogP) is 9.43. The van der Waals surface area contributed by atoms with E-state index in [0.717, 1.165) is 5.56 Å². The smallest absolute Gasteiger partial charge is 0.407 e. The molecular weight excluding hydrogens is 1020 g/mol. The number of rotatable bonds is 14. The molecule has 4 fully saturated rings. The van der Waals surface area contributed by atoms with Crippen molar-refractivity contribution in [3.63, 3.8) is 0 Å². The number of carbonyl (C=O) groups is 3. The molecule has 4 aliphatic rings. The molecule has 0 radical (unpaired) electrons. The number of methoxy groups -OCH3 is 3. The Kier molecular flexibility index (Phi) is 15.5. The van der Waals surface area contributed by atoms with E-state index in [9.17, 15) is 18.8 Å². The number of amidine groups is 1. The first-order chi connectivity index (χ1) is 37.6. The van der Waals surface area contributed by atoms with Crippen molar-refractivity contribution in [3.8, 4) is 0 Å². The summed E-state index contributed by atoms with van der Waals surface area (Å²) < 4.78 is 96.5. The van der Waals surface area contributed by atoms with Crippen molar-refractivity contribution < 1.29 is 50.5 Å². The lowest BCUT2D eigenvalue weighted by molar-refractivity contribution is -0.137. The normalized spacial score (nSPS) is 21.4. The number of hydrogen-bond donors (Lipinski definition) is 4. The summed E-state index contributed by atoms with van der Waals surface area (Å²) in [5.74, 6) is -3.04. The maximum atomic E-state index is 17.0. The van der Waals surface area contributed by atoms with E-state index in [1.54, 1.807) is 50.8 Å². The third-order valence-electron chi connectivity index (χ3n) is 16.2. The molecule has 4 aliphatic heterocycles. The Bertz CT molecular complexity index is 3220. The van der Waals surface area contributed by atoms with Gasteiger partial charge in [-0.1, -0.05) is 19.1 Å². The minimum Gasteiger partial charge on any atom is -0.469 e. The molecule has 0 spiro atoms. The van der Waals surface area contributed by atoms with Gasteiger partial charge >= 0.3 is 6.09 Å². The highest BCUT2D eigenvalue weighted by atomic mass is 19.1. The summed E-state index contributed by atoms with van der Waals surface area (Å²) in [5.41, 5.74) is 8.48. The van der Waals surface area contributed by atoms with Gasteiger partial charge in [-0.05, 0) is 113 Å². The van der Waals surface area contributed by atoms with Crippen molar-refractivity contribution in [1.29, 1.82) is 0 Å². The molecule has 7 atom stereocenters. The molecule has 6 aromatic rings. The lowest BCUT2D eigenvalue weighted by Crippen LogP contribution is -2.54. The second kappa shape index (κ2) is 22.5. The summed E-state index contributed by atoms with van der Waals surface area (Å²) in [6.45, 7) is 4.96. The molecule has 6 heterocycles. The van der Waals surface area contributed by atoms with Gasteiger partial charge in [-0.3, -0.25) is 9.59 Å². The van der Waals surface area contributed by atoms with Crippen molar-refractivity contribution in [2.75, 3.05) is 57.3 Å². The number of carbonyl (C=O) groups excluding carboxylic acids is 3. The van der Waals surface area contributed by atoms with Crippen molar-refractivity contribution in [3.05, 3.63) is 118 Å². The number of hydrogen-bond acceptors (Lipinski definition) is 11. The average molecular weight is 1080 g/mol. The van der Waals surface area contributed by atoms with Gasteiger partial charge in [0.2, 0.25) is 11.8 Å². The number of H-pyrrole nitrogens is 2. The number of nitrogens with one attached hydrogen (secondary N) is 3. The molecule has 3 amide bonds. The summed E-state index contributed by atoms with van der Waals surface area (Å²) in [5, 5.41) is 2.58. The number of aliphatic imine (C=N–C) groups is 1. The van der Waals surface area contributed by atoms with Gasteiger partial charge in [0.1, 0.15) is 46.9 Å². The van der Waals surface area contributed by atoms with E-state index in [1.165, 1.54) is 57.7 Å². The number of benzene rings is 4. The molecule has 4 aromatic carbocycles. The van der Waals surface area contributed by atoms with Gasteiger partial charge in [0, 0.05) is 62.2 Å². The molecule has 414 valence electrons. The zero-order chi connectivity index (χ0) is 55.1. The maximum absolute atomic E-state index is 17.0. The summed E-state index contributed by atoms with van der Waals surface area (Å²) in [4.78, 5) is 67.2. The number of aromatic amines is 2. The van der Waals surface area contributed by atoms with Gasteiger partial charge < -0.3 is 54.8 Å². The van der Waals surface area contributed by atoms with Crippen LogP contribution in [0, 0.1) is 29.1 Å². The largest absolute Gasteiger partial charge is 0.469 e. The third-order valence-corrected chi connectivity index (χ3v) is 16.2. The molecule has 4 saturated heterocycles. The molecule has 78 heavy (non-hydrogen) atoms. The second-order valence-electron chi connectivity index (χ2n) is 20.6. The number of nitrogens with zero attached hydrogens (tertiary/aromatic N) is 7. The molecular formula is C56H64F5N11O6. The van der Waals surface area contributed by atoms with Crippen LogP contribution < -0.4 is 20.9 Å². The number of imidazole rings is 2. The van der Waals surface area contributed by atoms with Crippen LogP contribution >= 0.6 is 0 Å². The second-order valence-corrected chi connectivity index (χ2v) is 20.6. The fourth-order valence-electron chi connectivity index (χ4n) is 12.1. The number of anilines is 2. The number of nitrogens with two attached hydrogens (primary N) is 1. The Hall–Kier alpha value is -7.49. The van der Waals surface area contributed by atoms with Crippen LogP contribution in [-0.2, 0) is 23.8 Å². The van der Waals surface area contributed by atoms with Crippen LogP contribution in [-0.4, -0.2) is 119 Å².